The highest BCUT2D eigenvalue weighted by molar-refractivity contribution is 5.93. The van der Waals surface area contributed by atoms with E-state index in [1.807, 2.05) is 14.1 Å². The maximum Gasteiger partial charge on any atom is 0.252 e. The third-order valence-corrected chi connectivity index (χ3v) is 2.82. The molecule has 1 rings (SSSR count). The van der Waals surface area contributed by atoms with Gasteiger partial charge in [-0.05, 0) is 25.6 Å². The van der Waals surface area contributed by atoms with Gasteiger partial charge in [0.2, 0.25) is 5.56 Å². The van der Waals surface area contributed by atoms with Gasteiger partial charge >= 0.3 is 0 Å². The molecule has 0 bridgehead atoms. The van der Waals surface area contributed by atoms with Gasteiger partial charge in [0.15, 0.2) is 0 Å². The fourth-order valence-electron chi connectivity index (χ4n) is 2.06. The van der Waals surface area contributed by atoms with E-state index in [0.29, 0.717) is 12.1 Å². The molecule has 0 aliphatic rings. The monoisotopic (exact) mass is 265 g/mol. The largest absolute Gasteiger partial charge is 0.351 e. The summed E-state index contributed by atoms with van der Waals surface area (Å²) in [5.41, 5.74) is 0.382. The second-order valence-corrected chi connectivity index (χ2v) is 5.95. The molecule has 19 heavy (non-hydrogen) atoms. The van der Waals surface area contributed by atoms with Gasteiger partial charge in [0.1, 0.15) is 0 Å². The van der Waals surface area contributed by atoms with Gasteiger partial charge in [0, 0.05) is 32.4 Å². The third-order valence-electron chi connectivity index (χ3n) is 2.82. The minimum atomic E-state index is -0.151. The number of pyridine rings is 1. The molecule has 5 heteroatoms. The van der Waals surface area contributed by atoms with E-state index in [1.165, 1.54) is 10.6 Å². The minimum absolute atomic E-state index is 0.000176. The summed E-state index contributed by atoms with van der Waals surface area (Å²) >= 11 is 0. The van der Waals surface area contributed by atoms with Gasteiger partial charge in [-0.2, -0.15) is 0 Å². The quantitative estimate of drug-likeness (QED) is 0.853. The molecule has 0 aliphatic heterocycles. The first kappa shape index (κ1) is 15.4. The smallest absolute Gasteiger partial charge is 0.252 e. The van der Waals surface area contributed by atoms with Crippen molar-refractivity contribution in [2.45, 2.75) is 13.8 Å². The third kappa shape index (κ3) is 4.87. The highest BCUT2D eigenvalue weighted by atomic mass is 16.2. The predicted octanol–water partition coefficient (Wildman–Crippen LogP) is 0.703. The number of hydrogen-bond donors (Lipinski definition) is 1. The molecule has 1 N–H and O–H groups in total. The lowest BCUT2D eigenvalue weighted by Crippen LogP contribution is -2.40. The van der Waals surface area contributed by atoms with Crippen LogP contribution in [0.1, 0.15) is 24.2 Å². The van der Waals surface area contributed by atoms with Gasteiger partial charge in [0.05, 0.1) is 5.56 Å². The van der Waals surface area contributed by atoms with E-state index < -0.39 is 0 Å². The summed E-state index contributed by atoms with van der Waals surface area (Å²) < 4.78 is 1.40. The Balaban J connectivity index is 2.65. The van der Waals surface area contributed by atoms with Crippen molar-refractivity contribution in [1.82, 2.24) is 14.8 Å². The minimum Gasteiger partial charge on any atom is -0.351 e. The van der Waals surface area contributed by atoms with E-state index in [2.05, 4.69) is 24.1 Å². The van der Waals surface area contributed by atoms with Crippen LogP contribution in [0.4, 0.5) is 0 Å². The Morgan fingerprint density at radius 2 is 2.00 bits per heavy atom. The van der Waals surface area contributed by atoms with Gasteiger partial charge < -0.3 is 14.8 Å². The van der Waals surface area contributed by atoms with Crippen LogP contribution in [-0.4, -0.2) is 42.6 Å². The van der Waals surface area contributed by atoms with Crippen molar-refractivity contribution < 1.29 is 4.79 Å². The SMILES string of the molecule is CN(C)CC(C)(C)CNC(=O)c1ccc(=O)n(C)c1. The summed E-state index contributed by atoms with van der Waals surface area (Å²) in [6, 6.07) is 2.95. The molecule has 0 fully saturated rings. The van der Waals surface area contributed by atoms with E-state index in [0.717, 1.165) is 6.54 Å². The molecule has 1 aromatic rings. The van der Waals surface area contributed by atoms with Crippen LogP contribution in [0.2, 0.25) is 0 Å². The summed E-state index contributed by atoms with van der Waals surface area (Å²) in [6.07, 6.45) is 1.55. The highest BCUT2D eigenvalue weighted by Gasteiger charge is 2.20. The molecule has 0 aliphatic carbocycles. The average molecular weight is 265 g/mol. The summed E-state index contributed by atoms with van der Waals surface area (Å²) in [6.45, 7) is 5.69. The van der Waals surface area contributed by atoms with Crippen molar-refractivity contribution in [3.8, 4) is 0 Å². The van der Waals surface area contributed by atoms with Crippen molar-refractivity contribution in [1.29, 1.82) is 0 Å². The Bertz CT molecular complexity index is 504. The number of nitrogens with one attached hydrogen (secondary N) is 1. The van der Waals surface area contributed by atoms with Crippen LogP contribution in [0.25, 0.3) is 0 Å². The first-order chi connectivity index (χ1) is 8.71. The Kier molecular flexibility index (Phi) is 4.89. The Hall–Kier alpha value is -1.62. The summed E-state index contributed by atoms with van der Waals surface area (Å²) in [5.74, 6) is -0.151. The van der Waals surface area contributed by atoms with E-state index in [1.54, 1.807) is 19.3 Å². The predicted molar refractivity (Wildman–Crippen MR) is 76.4 cm³/mol. The average Bonchev–Trinajstić information content (AvgIpc) is 2.28. The molecule has 0 unspecified atom stereocenters. The summed E-state index contributed by atoms with van der Waals surface area (Å²) in [7, 11) is 5.65. The molecule has 1 heterocycles. The second kappa shape index (κ2) is 6.02. The lowest BCUT2D eigenvalue weighted by molar-refractivity contribution is 0.0928. The molecule has 0 aromatic carbocycles. The fraction of sp³-hybridized carbons (Fsp3) is 0.571. The van der Waals surface area contributed by atoms with E-state index in [-0.39, 0.29) is 16.9 Å². The van der Waals surface area contributed by atoms with Crippen LogP contribution >= 0.6 is 0 Å². The number of amides is 1. The molecule has 0 saturated heterocycles. The number of carbonyl (C=O) groups is 1. The van der Waals surface area contributed by atoms with Crippen LogP contribution in [0, 0.1) is 5.41 Å². The zero-order valence-electron chi connectivity index (χ0n) is 12.4. The zero-order chi connectivity index (χ0) is 14.6. The molecule has 0 atom stereocenters. The summed E-state index contributed by atoms with van der Waals surface area (Å²) in [4.78, 5) is 25.4. The van der Waals surface area contributed by atoms with E-state index >= 15 is 0 Å². The first-order valence-corrected chi connectivity index (χ1v) is 6.31. The first-order valence-electron chi connectivity index (χ1n) is 6.31. The van der Waals surface area contributed by atoms with Crippen LogP contribution in [0.5, 0.6) is 0 Å². The molecule has 1 amide bonds. The van der Waals surface area contributed by atoms with Crippen molar-refractivity contribution in [3.05, 3.63) is 34.2 Å². The molecular formula is C14H23N3O2. The highest BCUT2D eigenvalue weighted by Crippen LogP contribution is 2.14. The Labute approximate surface area is 114 Å². The van der Waals surface area contributed by atoms with Crippen molar-refractivity contribution in [3.63, 3.8) is 0 Å². The second-order valence-electron chi connectivity index (χ2n) is 5.95. The number of aromatic nitrogens is 1. The summed E-state index contributed by atoms with van der Waals surface area (Å²) in [5, 5.41) is 2.91. The van der Waals surface area contributed by atoms with Crippen molar-refractivity contribution in [2.24, 2.45) is 12.5 Å². The van der Waals surface area contributed by atoms with E-state index in [9.17, 15) is 9.59 Å². The van der Waals surface area contributed by atoms with E-state index in [4.69, 9.17) is 0 Å². The maximum atomic E-state index is 12.0. The van der Waals surface area contributed by atoms with Gasteiger partial charge in [-0.15, -0.1) is 0 Å². The van der Waals surface area contributed by atoms with Gasteiger partial charge in [-0.25, -0.2) is 0 Å². The molecule has 0 radical (unpaired) electrons. The lowest BCUT2D eigenvalue weighted by Gasteiger charge is -2.28. The molecular weight excluding hydrogens is 242 g/mol. The maximum absolute atomic E-state index is 12.0. The van der Waals surface area contributed by atoms with Crippen molar-refractivity contribution >= 4 is 5.91 Å². The van der Waals surface area contributed by atoms with Crippen LogP contribution in [0.3, 0.4) is 0 Å². The standard InChI is InChI=1S/C14H23N3O2/c1-14(2,10-16(3)4)9-15-13(19)11-6-7-12(18)17(5)8-11/h6-8H,9-10H2,1-5H3,(H,15,19). The van der Waals surface area contributed by atoms with Crippen molar-refractivity contribution in [2.75, 3.05) is 27.2 Å². The molecule has 1 aromatic heterocycles. The number of nitrogens with zero attached hydrogens (tertiary/aromatic N) is 2. The van der Waals surface area contributed by atoms with Gasteiger partial charge in [-0.1, -0.05) is 13.8 Å². The topological polar surface area (TPSA) is 54.3 Å². The van der Waals surface area contributed by atoms with Crippen LogP contribution < -0.4 is 10.9 Å². The molecule has 106 valence electrons. The lowest BCUT2D eigenvalue weighted by atomic mass is 9.93. The molecule has 5 nitrogen and oxygen atoms in total. The number of hydrogen-bond acceptors (Lipinski definition) is 3. The van der Waals surface area contributed by atoms with Gasteiger partial charge in [0.25, 0.3) is 5.91 Å². The molecule has 0 saturated carbocycles. The van der Waals surface area contributed by atoms with Crippen LogP contribution in [-0.2, 0) is 7.05 Å². The Morgan fingerprint density at radius 3 is 2.53 bits per heavy atom. The number of rotatable bonds is 5. The van der Waals surface area contributed by atoms with Crippen LogP contribution in [0.15, 0.2) is 23.1 Å². The molecule has 0 spiro atoms. The number of aryl methyl sites for hydroxylation is 1. The fourth-order valence-corrected chi connectivity index (χ4v) is 2.06. The normalized spacial score (nSPS) is 11.7. The Morgan fingerprint density at radius 1 is 1.37 bits per heavy atom. The zero-order valence-corrected chi connectivity index (χ0v) is 12.4. The number of carbonyl (C=O) groups excluding carboxylic acids is 1. The van der Waals surface area contributed by atoms with Gasteiger partial charge in [-0.3, -0.25) is 9.59 Å².